The topological polar surface area (TPSA) is 92.7 Å². The van der Waals surface area contributed by atoms with Crippen molar-refractivity contribution in [2.75, 3.05) is 13.1 Å². The number of nitrogens with one attached hydrogen (secondary N) is 2. The number of fused-ring (bicyclic) bond motifs is 1. The Kier molecular flexibility index (Phi) is 7.10. The third-order valence-corrected chi connectivity index (χ3v) is 5.13. The number of ether oxygens (including phenoxy) is 2. The van der Waals surface area contributed by atoms with Gasteiger partial charge in [0.15, 0.2) is 0 Å². The minimum atomic E-state index is -4.45. The lowest BCUT2D eigenvalue weighted by molar-refractivity contribution is -0.138. The molecule has 0 radical (unpaired) electrons. The fourth-order valence-electron chi connectivity index (χ4n) is 3.75. The summed E-state index contributed by atoms with van der Waals surface area (Å²) in [7, 11) is 0. The van der Waals surface area contributed by atoms with E-state index in [9.17, 15) is 23.1 Å². The predicted octanol–water partition coefficient (Wildman–Crippen LogP) is 1.39. The Hall–Kier alpha value is -1.75. The van der Waals surface area contributed by atoms with Crippen molar-refractivity contribution in [3.8, 4) is 0 Å². The van der Waals surface area contributed by atoms with Crippen molar-refractivity contribution in [1.82, 2.24) is 15.6 Å². The lowest BCUT2D eigenvalue weighted by Gasteiger charge is -2.20. The Morgan fingerprint density at radius 2 is 2.17 bits per heavy atom. The van der Waals surface area contributed by atoms with Crippen LogP contribution in [0, 0.1) is 0 Å². The van der Waals surface area contributed by atoms with Crippen LogP contribution in [0.15, 0.2) is 18.5 Å². The standard InChI is InChI=1S/C19H26F3N3O4/c1-2-4-25-16(26)7-12-6-14-18(28-12)17(27)15(29-14)10-24-9-11-8-23-5-3-13(11)19(20,21)22/h3,5,8,12,14-15,17-18,24,27H,2,4,6-7,9-10H2,1H3,(H,25,26)/t12-,14+,15+,17+,18-/m0/s1. The summed E-state index contributed by atoms with van der Waals surface area (Å²) in [5.41, 5.74) is -0.709. The molecule has 2 aliphatic rings. The monoisotopic (exact) mass is 417 g/mol. The Morgan fingerprint density at radius 1 is 1.38 bits per heavy atom. The Morgan fingerprint density at radius 3 is 2.86 bits per heavy atom. The molecule has 3 N–H and O–H groups in total. The molecule has 7 nitrogen and oxygen atoms in total. The first kappa shape index (κ1) is 21.9. The average molecular weight is 417 g/mol. The van der Waals surface area contributed by atoms with Gasteiger partial charge in [-0.1, -0.05) is 6.92 Å². The van der Waals surface area contributed by atoms with Crippen molar-refractivity contribution in [3.05, 3.63) is 29.6 Å². The second-order valence-corrected chi connectivity index (χ2v) is 7.38. The number of pyridine rings is 1. The van der Waals surface area contributed by atoms with Crippen molar-refractivity contribution in [2.45, 2.75) is 69.4 Å². The normalized spacial score (nSPS) is 29.1. The number of nitrogens with zero attached hydrogens (tertiary/aromatic N) is 1. The van der Waals surface area contributed by atoms with Crippen LogP contribution >= 0.6 is 0 Å². The summed E-state index contributed by atoms with van der Waals surface area (Å²) in [6, 6.07) is 0.937. The molecular weight excluding hydrogens is 391 g/mol. The zero-order valence-electron chi connectivity index (χ0n) is 16.1. The van der Waals surface area contributed by atoms with Crippen molar-refractivity contribution in [3.63, 3.8) is 0 Å². The van der Waals surface area contributed by atoms with Gasteiger partial charge in [-0.15, -0.1) is 0 Å². The van der Waals surface area contributed by atoms with Crippen LogP contribution in [-0.4, -0.2) is 59.6 Å². The summed E-state index contributed by atoms with van der Waals surface area (Å²) in [6.07, 6.45) is -3.28. The highest BCUT2D eigenvalue weighted by molar-refractivity contribution is 5.76. The molecule has 3 rings (SSSR count). The molecular formula is C19H26F3N3O4. The third kappa shape index (κ3) is 5.44. The molecule has 0 aliphatic carbocycles. The molecule has 2 saturated heterocycles. The van der Waals surface area contributed by atoms with Gasteiger partial charge in [0, 0.05) is 38.4 Å². The highest BCUT2D eigenvalue weighted by Crippen LogP contribution is 2.35. The smallest absolute Gasteiger partial charge is 0.388 e. The predicted molar refractivity (Wildman–Crippen MR) is 96.8 cm³/mol. The lowest BCUT2D eigenvalue weighted by Crippen LogP contribution is -2.39. The number of rotatable bonds is 8. The molecule has 0 bridgehead atoms. The van der Waals surface area contributed by atoms with Gasteiger partial charge in [-0.3, -0.25) is 9.78 Å². The largest absolute Gasteiger partial charge is 0.416 e. The first-order valence-corrected chi connectivity index (χ1v) is 9.76. The summed E-state index contributed by atoms with van der Waals surface area (Å²) in [6.45, 7) is 2.70. The molecule has 162 valence electrons. The quantitative estimate of drug-likeness (QED) is 0.592. The number of hydrogen-bond donors (Lipinski definition) is 3. The molecule has 1 aromatic rings. The van der Waals surface area contributed by atoms with Crippen molar-refractivity contribution in [1.29, 1.82) is 0 Å². The highest BCUT2D eigenvalue weighted by Gasteiger charge is 2.50. The van der Waals surface area contributed by atoms with Gasteiger partial charge in [0.25, 0.3) is 0 Å². The van der Waals surface area contributed by atoms with Crippen LogP contribution in [0.25, 0.3) is 0 Å². The fraction of sp³-hybridized carbons (Fsp3) is 0.684. The van der Waals surface area contributed by atoms with E-state index in [0.29, 0.717) is 13.0 Å². The number of halogens is 3. The number of carbonyl (C=O) groups is 1. The maximum atomic E-state index is 13.0. The van der Waals surface area contributed by atoms with Crippen LogP contribution in [0.5, 0.6) is 0 Å². The van der Waals surface area contributed by atoms with E-state index in [1.165, 1.54) is 6.20 Å². The molecule has 3 heterocycles. The molecule has 1 aromatic heterocycles. The molecule has 5 atom stereocenters. The number of amides is 1. The van der Waals surface area contributed by atoms with E-state index >= 15 is 0 Å². The maximum absolute atomic E-state index is 13.0. The van der Waals surface area contributed by atoms with Crippen LogP contribution in [0.1, 0.15) is 37.3 Å². The number of hydrogen-bond acceptors (Lipinski definition) is 6. The highest BCUT2D eigenvalue weighted by atomic mass is 19.4. The molecule has 1 amide bonds. The van der Waals surface area contributed by atoms with Crippen molar-refractivity contribution >= 4 is 5.91 Å². The lowest BCUT2D eigenvalue weighted by atomic mass is 10.1. The van der Waals surface area contributed by atoms with E-state index in [-0.39, 0.29) is 43.2 Å². The number of aliphatic hydroxyl groups excluding tert-OH is 1. The van der Waals surface area contributed by atoms with E-state index in [1.807, 2.05) is 6.92 Å². The van der Waals surface area contributed by atoms with Crippen molar-refractivity contribution in [2.24, 2.45) is 0 Å². The van der Waals surface area contributed by atoms with Gasteiger partial charge < -0.3 is 25.2 Å². The zero-order chi connectivity index (χ0) is 21.0. The minimum Gasteiger partial charge on any atom is -0.388 e. The molecule has 2 aliphatic heterocycles. The van der Waals surface area contributed by atoms with E-state index in [2.05, 4.69) is 15.6 Å². The second kappa shape index (κ2) is 9.38. The third-order valence-electron chi connectivity index (χ3n) is 5.13. The average Bonchev–Trinajstić information content (AvgIpc) is 3.18. The van der Waals surface area contributed by atoms with Gasteiger partial charge in [0.05, 0.1) is 30.3 Å². The molecule has 10 heteroatoms. The fourth-order valence-corrected chi connectivity index (χ4v) is 3.75. The summed E-state index contributed by atoms with van der Waals surface area (Å²) in [5, 5.41) is 16.1. The first-order valence-electron chi connectivity index (χ1n) is 9.76. The van der Waals surface area contributed by atoms with E-state index < -0.39 is 30.1 Å². The van der Waals surface area contributed by atoms with Gasteiger partial charge in [-0.25, -0.2) is 0 Å². The molecule has 0 saturated carbocycles. The number of carbonyl (C=O) groups excluding carboxylic acids is 1. The summed E-state index contributed by atoms with van der Waals surface area (Å²) >= 11 is 0. The van der Waals surface area contributed by atoms with Crippen LogP contribution < -0.4 is 10.6 Å². The van der Waals surface area contributed by atoms with E-state index in [0.717, 1.165) is 18.7 Å². The van der Waals surface area contributed by atoms with Gasteiger partial charge in [-0.2, -0.15) is 13.2 Å². The Balaban J connectivity index is 1.46. The van der Waals surface area contributed by atoms with E-state index in [4.69, 9.17) is 9.47 Å². The van der Waals surface area contributed by atoms with E-state index in [1.54, 1.807) is 0 Å². The maximum Gasteiger partial charge on any atom is 0.416 e. The molecule has 0 spiro atoms. The summed E-state index contributed by atoms with van der Waals surface area (Å²) < 4.78 is 50.7. The van der Waals surface area contributed by atoms with Crippen LogP contribution in [0.2, 0.25) is 0 Å². The summed E-state index contributed by atoms with van der Waals surface area (Å²) in [4.78, 5) is 15.6. The number of aliphatic hydroxyl groups is 1. The van der Waals surface area contributed by atoms with Crippen LogP contribution in [0.3, 0.4) is 0 Å². The van der Waals surface area contributed by atoms with Gasteiger partial charge >= 0.3 is 6.18 Å². The van der Waals surface area contributed by atoms with Gasteiger partial charge in [0.2, 0.25) is 5.91 Å². The number of alkyl halides is 3. The van der Waals surface area contributed by atoms with Crippen LogP contribution in [0.4, 0.5) is 13.2 Å². The van der Waals surface area contributed by atoms with Gasteiger partial charge in [-0.05, 0) is 18.1 Å². The Bertz CT molecular complexity index is 704. The zero-order valence-corrected chi connectivity index (χ0v) is 16.1. The summed E-state index contributed by atoms with van der Waals surface area (Å²) in [5.74, 6) is -0.0959. The molecule has 29 heavy (non-hydrogen) atoms. The first-order chi connectivity index (χ1) is 13.8. The minimum absolute atomic E-state index is 0.0297. The van der Waals surface area contributed by atoms with Crippen molar-refractivity contribution < 1.29 is 32.5 Å². The molecule has 2 fully saturated rings. The second-order valence-electron chi connectivity index (χ2n) is 7.38. The number of aromatic nitrogens is 1. The molecule has 0 unspecified atom stereocenters. The molecule has 0 aromatic carbocycles. The van der Waals surface area contributed by atoms with Crippen LogP contribution in [-0.2, 0) is 27.0 Å². The SMILES string of the molecule is CCCNC(=O)C[C@@H]1C[C@H]2O[C@H](CNCc3cnccc3C(F)(F)F)[C@@H](O)[C@H]2O1. The van der Waals surface area contributed by atoms with Gasteiger partial charge in [0.1, 0.15) is 12.2 Å². The Labute approximate surface area is 167 Å².